The van der Waals surface area contributed by atoms with Crippen LogP contribution in [0.1, 0.15) is 18.9 Å². The maximum Gasteiger partial charge on any atom is 0.263 e. The number of rotatable bonds is 4. The number of benzene rings is 2. The minimum atomic E-state index is -0.104. The first kappa shape index (κ1) is 19.2. The standard InChI is InChI=1S/C24H20N2O2S2/c1-3-25-17-9-5-7-11-19(17)29-21(25)13-15-23(27)16(24(15)28)14-22-26(4-2)18-10-6-8-12-20(18)30-22/h5-14H,3-4H2,1-2H3/p+1. The predicted molar refractivity (Wildman–Crippen MR) is 124 cm³/mol. The van der Waals surface area contributed by atoms with Crippen LogP contribution in [0.25, 0.3) is 16.3 Å². The Bertz CT molecular complexity index is 1280. The normalized spacial score (nSPS) is 18.6. The number of Topliss-reactive ketones (excluding diaryl/α,β-unsaturated/α-hetero) is 1. The molecule has 30 heavy (non-hydrogen) atoms. The number of hydrogen-bond donors (Lipinski definition) is 1. The third kappa shape index (κ3) is 2.90. The molecule has 0 bridgehead atoms. The Kier molecular flexibility index (Phi) is 4.76. The van der Waals surface area contributed by atoms with Gasteiger partial charge in [-0.15, -0.1) is 0 Å². The summed E-state index contributed by atoms with van der Waals surface area (Å²) in [5, 5.41) is 12.6. The van der Waals surface area contributed by atoms with E-state index in [9.17, 15) is 9.90 Å². The van der Waals surface area contributed by atoms with Gasteiger partial charge in [-0.05, 0) is 38.1 Å². The van der Waals surface area contributed by atoms with Crippen LogP contribution >= 0.6 is 23.1 Å². The van der Waals surface area contributed by atoms with Crippen LogP contribution in [0.5, 0.6) is 0 Å². The van der Waals surface area contributed by atoms with Gasteiger partial charge in [-0.2, -0.15) is 4.57 Å². The molecule has 2 aromatic carbocycles. The van der Waals surface area contributed by atoms with Crippen molar-refractivity contribution >= 4 is 50.9 Å². The number of aromatic nitrogens is 1. The van der Waals surface area contributed by atoms with E-state index in [-0.39, 0.29) is 11.5 Å². The van der Waals surface area contributed by atoms with Crippen LogP contribution in [-0.4, -0.2) is 17.4 Å². The summed E-state index contributed by atoms with van der Waals surface area (Å²) in [4.78, 5) is 16.2. The molecule has 0 fully saturated rings. The fourth-order valence-electron chi connectivity index (χ4n) is 3.93. The fraction of sp³-hybridized carbons (Fsp3) is 0.167. The maximum atomic E-state index is 12.9. The molecule has 1 aliphatic heterocycles. The topological polar surface area (TPSA) is 44.4 Å². The van der Waals surface area contributed by atoms with E-state index < -0.39 is 0 Å². The Labute approximate surface area is 183 Å². The van der Waals surface area contributed by atoms with Crippen LogP contribution in [0.4, 0.5) is 5.69 Å². The summed E-state index contributed by atoms with van der Waals surface area (Å²) in [6, 6.07) is 16.4. The highest BCUT2D eigenvalue weighted by Gasteiger charge is 2.35. The summed E-state index contributed by atoms with van der Waals surface area (Å²) in [6.45, 7) is 5.78. The summed E-state index contributed by atoms with van der Waals surface area (Å²) >= 11 is 3.27. The lowest BCUT2D eigenvalue weighted by molar-refractivity contribution is -0.665. The van der Waals surface area contributed by atoms with Crippen molar-refractivity contribution in [3.05, 3.63) is 81.5 Å². The average molecular weight is 434 g/mol. The number of aliphatic hydroxyl groups excluding tert-OH is 1. The summed E-state index contributed by atoms with van der Waals surface area (Å²) in [6.07, 6.45) is 3.64. The van der Waals surface area contributed by atoms with E-state index in [0.717, 1.165) is 34.3 Å². The molecule has 1 N–H and O–H groups in total. The van der Waals surface area contributed by atoms with E-state index in [4.69, 9.17) is 0 Å². The molecule has 0 radical (unpaired) electrons. The Morgan fingerprint density at radius 1 is 1.07 bits per heavy atom. The van der Waals surface area contributed by atoms with Crippen LogP contribution in [0, 0.1) is 0 Å². The Balaban J connectivity index is 1.51. The minimum Gasteiger partial charge on any atom is -0.506 e. The van der Waals surface area contributed by atoms with Gasteiger partial charge in [-0.25, -0.2) is 0 Å². The van der Waals surface area contributed by atoms with Crippen molar-refractivity contribution in [2.24, 2.45) is 0 Å². The quantitative estimate of drug-likeness (QED) is 0.438. The fourth-order valence-corrected chi connectivity index (χ4v) is 6.27. The maximum absolute atomic E-state index is 12.9. The van der Waals surface area contributed by atoms with Crippen LogP contribution in [0.15, 0.2) is 81.4 Å². The number of aryl methyl sites for hydroxylation is 1. The molecule has 5 rings (SSSR count). The largest absolute Gasteiger partial charge is 0.506 e. The molecule has 3 aromatic rings. The van der Waals surface area contributed by atoms with Gasteiger partial charge in [-0.1, -0.05) is 47.4 Å². The van der Waals surface area contributed by atoms with Crippen LogP contribution < -0.4 is 9.47 Å². The van der Waals surface area contributed by atoms with Gasteiger partial charge in [-0.3, -0.25) is 4.79 Å². The first-order chi connectivity index (χ1) is 14.6. The predicted octanol–water partition coefficient (Wildman–Crippen LogP) is 5.46. The van der Waals surface area contributed by atoms with Crippen molar-refractivity contribution < 1.29 is 14.5 Å². The van der Waals surface area contributed by atoms with Gasteiger partial charge in [0.2, 0.25) is 11.3 Å². The van der Waals surface area contributed by atoms with Crippen molar-refractivity contribution in [2.75, 3.05) is 11.4 Å². The molecule has 0 saturated carbocycles. The molecule has 4 nitrogen and oxygen atoms in total. The summed E-state index contributed by atoms with van der Waals surface area (Å²) in [5.41, 5.74) is 3.07. The van der Waals surface area contributed by atoms with E-state index in [1.54, 1.807) is 23.1 Å². The molecule has 6 heteroatoms. The van der Waals surface area contributed by atoms with Gasteiger partial charge in [0.1, 0.15) is 17.0 Å². The second kappa shape index (κ2) is 7.45. The van der Waals surface area contributed by atoms with Crippen molar-refractivity contribution in [3.63, 3.8) is 0 Å². The van der Waals surface area contributed by atoms with Gasteiger partial charge in [0, 0.05) is 23.6 Å². The zero-order valence-corrected chi connectivity index (χ0v) is 18.4. The number of carbonyl (C=O) groups excluding carboxylic acids is 1. The average Bonchev–Trinajstić information content (AvgIpc) is 3.32. The zero-order chi connectivity index (χ0) is 20.8. The van der Waals surface area contributed by atoms with Crippen molar-refractivity contribution in [1.82, 2.24) is 0 Å². The number of nitrogens with zero attached hydrogens (tertiary/aromatic N) is 2. The van der Waals surface area contributed by atoms with Gasteiger partial charge in [0.05, 0.1) is 21.9 Å². The highest BCUT2D eigenvalue weighted by molar-refractivity contribution is 8.03. The number of ketones is 1. The third-order valence-corrected chi connectivity index (χ3v) is 7.67. The van der Waals surface area contributed by atoms with Gasteiger partial charge in [0.25, 0.3) is 5.01 Å². The number of aliphatic hydroxyl groups is 1. The highest BCUT2D eigenvalue weighted by Crippen LogP contribution is 2.47. The molecule has 0 amide bonds. The summed E-state index contributed by atoms with van der Waals surface area (Å²) in [5.74, 6) is -0.0204. The molecule has 1 aliphatic carbocycles. The van der Waals surface area contributed by atoms with Gasteiger partial charge >= 0.3 is 0 Å². The van der Waals surface area contributed by atoms with Crippen LogP contribution in [0.2, 0.25) is 0 Å². The Morgan fingerprint density at radius 2 is 1.83 bits per heavy atom. The minimum absolute atomic E-state index is 0.0835. The number of allylic oxidation sites excluding steroid dienone is 3. The SMILES string of the molecule is CCN1/C(=C/C2=C(O)C(=C/c3sc4ccccc4[n+]3CC)/C2=O)Sc2ccccc21. The van der Waals surface area contributed by atoms with Crippen LogP contribution in [-0.2, 0) is 11.3 Å². The number of carbonyl (C=O) groups is 1. The summed E-state index contributed by atoms with van der Waals surface area (Å²) in [7, 11) is 0. The molecule has 0 unspecified atom stereocenters. The smallest absolute Gasteiger partial charge is 0.263 e. The summed E-state index contributed by atoms with van der Waals surface area (Å²) < 4.78 is 3.34. The Hall–Kier alpha value is -2.83. The number of fused-ring (bicyclic) bond motifs is 2. The van der Waals surface area contributed by atoms with E-state index in [1.165, 1.54) is 9.60 Å². The molecular weight excluding hydrogens is 412 g/mol. The van der Waals surface area contributed by atoms with Gasteiger partial charge in [0.15, 0.2) is 0 Å². The molecular formula is C24H21N2O2S2+. The number of para-hydroxylation sites is 2. The van der Waals surface area contributed by atoms with Crippen molar-refractivity contribution in [2.45, 2.75) is 25.3 Å². The van der Waals surface area contributed by atoms with Gasteiger partial charge < -0.3 is 10.0 Å². The molecule has 0 saturated heterocycles. The molecule has 0 atom stereocenters. The lowest BCUT2D eigenvalue weighted by atomic mass is 9.88. The zero-order valence-electron chi connectivity index (χ0n) is 16.8. The van der Waals surface area contributed by atoms with E-state index in [0.29, 0.717) is 11.1 Å². The number of hydrogen-bond acceptors (Lipinski definition) is 5. The van der Waals surface area contributed by atoms with Crippen molar-refractivity contribution in [1.29, 1.82) is 0 Å². The molecule has 1 aromatic heterocycles. The molecule has 150 valence electrons. The van der Waals surface area contributed by atoms with Crippen LogP contribution in [0.3, 0.4) is 0 Å². The van der Waals surface area contributed by atoms with E-state index >= 15 is 0 Å². The second-order valence-electron chi connectivity index (χ2n) is 7.10. The monoisotopic (exact) mass is 433 g/mol. The number of anilines is 1. The lowest BCUT2D eigenvalue weighted by Crippen LogP contribution is -2.34. The third-order valence-electron chi connectivity index (χ3n) is 5.44. The molecule has 2 aliphatic rings. The van der Waals surface area contributed by atoms with E-state index in [2.05, 4.69) is 47.6 Å². The lowest BCUT2D eigenvalue weighted by Gasteiger charge is -2.22. The number of thiazole rings is 1. The molecule has 0 spiro atoms. The number of thioether (sulfide) groups is 1. The highest BCUT2D eigenvalue weighted by atomic mass is 32.2. The van der Waals surface area contributed by atoms with Crippen molar-refractivity contribution in [3.8, 4) is 0 Å². The first-order valence-electron chi connectivity index (χ1n) is 9.99. The second-order valence-corrected chi connectivity index (χ2v) is 9.22. The Morgan fingerprint density at radius 3 is 2.60 bits per heavy atom. The van der Waals surface area contributed by atoms with E-state index in [1.807, 2.05) is 36.4 Å². The first-order valence-corrected chi connectivity index (χ1v) is 11.6. The molecule has 2 heterocycles.